The SMILES string of the molecule is C/C(=C/Cl)Cn1cc2c(c1)C(O)CCC2. The first kappa shape index (κ1) is 10.8. The van der Waals surface area contributed by atoms with Crippen LogP contribution in [-0.2, 0) is 13.0 Å². The summed E-state index contributed by atoms with van der Waals surface area (Å²) in [5.41, 5.74) is 5.12. The van der Waals surface area contributed by atoms with E-state index in [9.17, 15) is 5.11 Å². The number of halogens is 1. The van der Waals surface area contributed by atoms with E-state index < -0.39 is 0 Å². The van der Waals surface area contributed by atoms with Crippen LogP contribution < -0.4 is 0 Å². The average molecular weight is 226 g/mol. The Balaban J connectivity index is 2.22. The van der Waals surface area contributed by atoms with E-state index in [2.05, 4.69) is 10.8 Å². The molecule has 0 amide bonds. The van der Waals surface area contributed by atoms with E-state index in [1.54, 1.807) is 5.54 Å². The molecule has 82 valence electrons. The zero-order chi connectivity index (χ0) is 10.8. The molecule has 1 aliphatic rings. The van der Waals surface area contributed by atoms with E-state index in [0.29, 0.717) is 0 Å². The Morgan fingerprint density at radius 2 is 2.47 bits per heavy atom. The molecule has 2 rings (SSSR count). The van der Waals surface area contributed by atoms with Crippen LogP contribution in [-0.4, -0.2) is 9.67 Å². The van der Waals surface area contributed by atoms with Crippen LogP contribution >= 0.6 is 11.6 Å². The lowest BCUT2D eigenvalue weighted by Gasteiger charge is -2.16. The van der Waals surface area contributed by atoms with Gasteiger partial charge in [-0.05, 0) is 37.3 Å². The molecule has 0 aromatic carbocycles. The summed E-state index contributed by atoms with van der Waals surface area (Å²) < 4.78 is 2.10. The van der Waals surface area contributed by atoms with Gasteiger partial charge in [-0.1, -0.05) is 11.6 Å². The normalized spacial score (nSPS) is 21.5. The highest BCUT2D eigenvalue weighted by Crippen LogP contribution is 2.30. The van der Waals surface area contributed by atoms with Crippen LogP contribution in [0.25, 0.3) is 0 Å². The van der Waals surface area contributed by atoms with Crippen molar-refractivity contribution in [1.82, 2.24) is 4.57 Å². The number of hydrogen-bond donors (Lipinski definition) is 1. The highest BCUT2D eigenvalue weighted by molar-refractivity contribution is 6.25. The molecule has 1 atom stereocenters. The summed E-state index contributed by atoms with van der Waals surface area (Å²) >= 11 is 5.63. The number of allylic oxidation sites excluding steroid dienone is 1. The minimum atomic E-state index is -0.268. The lowest BCUT2D eigenvalue weighted by atomic mass is 9.93. The Morgan fingerprint density at radius 1 is 1.67 bits per heavy atom. The molecule has 1 aliphatic carbocycles. The summed E-state index contributed by atoms with van der Waals surface area (Å²) in [6, 6.07) is 0. The van der Waals surface area contributed by atoms with Crippen LogP contribution in [0.5, 0.6) is 0 Å². The number of aliphatic hydroxyl groups is 1. The van der Waals surface area contributed by atoms with Crippen molar-refractivity contribution in [2.24, 2.45) is 0 Å². The van der Waals surface area contributed by atoms with E-state index in [1.807, 2.05) is 13.1 Å². The van der Waals surface area contributed by atoms with Crippen LogP contribution in [0.3, 0.4) is 0 Å². The zero-order valence-electron chi connectivity index (χ0n) is 8.91. The Bertz CT molecular complexity index is 381. The van der Waals surface area contributed by atoms with Gasteiger partial charge in [-0.2, -0.15) is 0 Å². The standard InChI is InChI=1S/C12H16ClNO/c1-9(5-13)6-14-7-10-3-2-4-12(15)11(10)8-14/h5,7-8,12,15H,2-4,6H2,1H3/b9-5-. The first-order valence-corrected chi connectivity index (χ1v) is 5.77. The van der Waals surface area contributed by atoms with E-state index in [-0.39, 0.29) is 6.10 Å². The second-order valence-corrected chi connectivity index (χ2v) is 4.49. The molecule has 1 heterocycles. The maximum absolute atomic E-state index is 9.81. The van der Waals surface area contributed by atoms with Gasteiger partial charge in [0.25, 0.3) is 0 Å². The van der Waals surface area contributed by atoms with Crippen molar-refractivity contribution in [1.29, 1.82) is 0 Å². The minimum Gasteiger partial charge on any atom is -0.388 e. The van der Waals surface area contributed by atoms with Gasteiger partial charge in [0.15, 0.2) is 0 Å². The highest BCUT2D eigenvalue weighted by Gasteiger charge is 2.19. The number of aryl methyl sites for hydroxylation is 1. The van der Waals surface area contributed by atoms with Crippen LogP contribution in [0.4, 0.5) is 0 Å². The van der Waals surface area contributed by atoms with Gasteiger partial charge < -0.3 is 9.67 Å². The molecule has 0 saturated carbocycles. The number of fused-ring (bicyclic) bond motifs is 1. The third-order valence-corrected chi connectivity index (χ3v) is 3.27. The molecule has 1 aromatic heterocycles. The number of aromatic nitrogens is 1. The summed E-state index contributed by atoms with van der Waals surface area (Å²) in [7, 11) is 0. The minimum absolute atomic E-state index is 0.268. The van der Waals surface area contributed by atoms with Gasteiger partial charge in [-0.15, -0.1) is 0 Å². The molecule has 15 heavy (non-hydrogen) atoms. The average Bonchev–Trinajstić information content (AvgIpc) is 2.62. The molecular formula is C12H16ClNO. The first-order valence-electron chi connectivity index (χ1n) is 5.33. The van der Waals surface area contributed by atoms with E-state index in [4.69, 9.17) is 11.6 Å². The molecule has 1 unspecified atom stereocenters. The smallest absolute Gasteiger partial charge is 0.0807 e. The number of nitrogens with zero attached hydrogens (tertiary/aromatic N) is 1. The van der Waals surface area contributed by atoms with Crippen LogP contribution in [0.1, 0.15) is 37.0 Å². The van der Waals surface area contributed by atoms with Crippen molar-refractivity contribution in [3.05, 3.63) is 34.6 Å². The van der Waals surface area contributed by atoms with Gasteiger partial charge >= 0.3 is 0 Å². The molecular weight excluding hydrogens is 210 g/mol. The van der Waals surface area contributed by atoms with Crippen LogP contribution in [0.2, 0.25) is 0 Å². The second-order valence-electron chi connectivity index (χ2n) is 4.27. The summed E-state index contributed by atoms with van der Waals surface area (Å²) in [5, 5.41) is 9.81. The van der Waals surface area contributed by atoms with Crippen molar-refractivity contribution in [3.8, 4) is 0 Å². The fourth-order valence-electron chi connectivity index (χ4n) is 2.14. The Labute approximate surface area is 95.2 Å². The molecule has 0 radical (unpaired) electrons. The van der Waals surface area contributed by atoms with Gasteiger partial charge in [0, 0.05) is 30.0 Å². The van der Waals surface area contributed by atoms with Crippen molar-refractivity contribution in [2.45, 2.75) is 38.8 Å². The molecule has 0 bridgehead atoms. The third kappa shape index (κ3) is 2.27. The van der Waals surface area contributed by atoms with E-state index in [1.165, 1.54) is 5.56 Å². The predicted octanol–water partition coefficient (Wildman–Crippen LogP) is 3.00. The van der Waals surface area contributed by atoms with Gasteiger partial charge in [0.2, 0.25) is 0 Å². The lowest BCUT2D eigenvalue weighted by molar-refractivity contribution is 0.157. The largest absolute Gasteiger partial charge is 0.388 e. The fourth-order valence-corrected chi connectivity index (χ4v) is 2.21. The third-order valence-electron chi connectivity index (χ3n) is 2.90. The molecule has 1 aromatic rings. The van der Waals surface area contributed by atoms with E-state index >= 15 is 0 Å². The molecule has 2 nitrogen and oxygen atoms in total. The molecule has 1 N–H and O–H groups in total. The molecule has 0 spiro atoms. The maximum Gasteiger partial charge on any atom is 0.0807 e. The molecule has 0 aliphatic heterocycles. The van der Waals surface area contributed by atoms with Crippen molar-refractivity contribution < 1.29 is 5.11 Å². The van der Waals surface area contributed by atoms with Crippen molar-refractivity contribution >= 4 is 11.6 Å². The van der Waals surface area contributed by atoms with Gasteiger partial charge in [-0.25, -0.2) is 0 Å². The van der Waals surface area contributed by atoms with E-state index in [0.717, 1.165) is 36.9 Å². The topological polar surface area (TPSA) is 25.2 Å². The molecule has 3 heteroatoms. The summed E-state index contributed by atoms with van der Waals surface area (Å²) in [5.74, 6) is 0. The Morgan fingerprint density at radius 3 is 3.13 bits per heavy atom. The molecule has 0 fully saturated rings. The monoisotopic (exact) mass is 225 g/mol. The Hall–Kier alpha value is -0.730. The first-order chi connectivity index (χ1) is 7.20. The van der Waals surface area contributed by atoms with Crippen LogP contribution in [0.15, 0.2) is 23.5 Å². The quantitative estimate of drug-likeness (QED) is 0.823. The molecule has 0 saturated heterocycles. The van der Waals surface area contributed by atoms with Crippen molar-refractivity contribution in [3.63, 3.8) is 0 Å². The zero-order valence-corrected chi connectivity index (χ0v) is 9.67. The Kier molecular flexibility index (Phi) is 3.17. The number of rotatable bonds is 2. The number of hydrogen-bond acceptors (Lipinski definition) is 1. The van der Waals surface area contributed by atoms with Crippen molar-refractivity contribution in [2.75, 3.05) is 0 Å². The summed E-state index contributed by atoms with van der Waals surface area (Å²) in [6.45, 7) is 2.81. The summed E-state index contributed by atoms with van der Waals surface area (Å²) in [6.07, 6.45) is 6.97. The van der Waals surface area contributed by atoms with Gasteiger partial charge in [0.1, 0.15) is 0 Å². The van der Waals surface area contributed by atoms with Gasteiger partial charge in [0.05, 0.1) is 6.10 Å². The van der Waals surface area contributed by atoms with Gasteiger partial charge in [-0.3, -0.25) is 0 Å². The predicted molar refractivity (Wildman–Crippen MR) is 61.9 cm³/mol. The lowest BCUT2D eigenvalue weighted by Crippen LogP contribution is -2.05. The second kappa shape index (κ2) is 4.42. The summed E-state index contributed by atoms with van der Waals surface area (Å²) in [4.78, 5) is 0. The fraction of sp³-hybridized carbons (Fsp3) is 0.500. The maximum atomic E-state index is 9.81. The van der Waals surface area contributed by atoms with Crippen LogP contribution in [0, 0.1) is 0 Å². The number of aliphatic hydroxyl groups excluding tert-OH is 1. The highest BCUT2D eigenvalue weighted by atomic mass is 35.5.